The molecule has 0 unspecified atom stereocenters. The number of rotatable bonds is 3. The van der Waals surface area contributed by atoms with Gasteiger partial charge in [-0.05, 0) is 24.1 Å². The summed E-state index contributed by atoms with van der Waals surface area (Å²) in [4.78, 5) is 0. The third kappa shape index (κ3) is 2.47. The number of nitrogens with two attached hydrogens (primary N) is 1. The second kappa shape index (κ2) is 5.37. The molecule has 0 saturated carbocycles. The lowest BCUT2D eigenvalue weighted by Gasteiger charge is -2.03. The van der Waals surface area contributed by atoms with E-state index in [1.807, 2.05) is 37.5 Å². The quantitative estimate of drug-likeness (QED) is 0.785. The number of hydrogen-bond donors (Lipinski definition) is 1. The molecular weight excluding hydrogens is 332 g/mol. The van der Waals surface area contributed by atoms with Crippen molar-refractivity contribution in [3.63, 3.8) is 0 Å². The summed E-state index contributed by atoms with van der Waals surface area (Å²) in [5.41, 5.74) is 10.4. The average molecular weight is 347 g/mol. The van der Waals surface area contributed by atoms with Crippen molar-refractivity contribution in [1.29, 1.82) is 0 Å². The van der Waals surface area contributed by atoms with E-state index >= 15 is 0 Å². The van der Waals surface area contributed by atoms with Crippen molar-refractivity contribution in [3.8, 4) is 22.4 Å². The summed E-state index contributed by atoms with van der Waals surface area (Å²) in [5, 5.41) is 8.60. The fourth-order valence-corrected chi connectivity index (χ4v) is 2.80. The summed E-state index contributed by atoms with van der Waals surface area (Å²) in [6.07, 6.45) is 2.76. The molecule has 0 aliphatic heterocycles. The number of aryl methyl sites for hydroxylation is 2. The van der Waals surface area contributed by atoms with Crippen LogP contribution in [0.5, 0.6) is 0 Å². The van der Waals surface area contributed by atoms with Gasteiger partial charge in [0.15, 0.2) is 0 Å². The van der Waals surface area contributed by atoms with E-state index in [2.05, 4.69) is 33.1 Å². The molecule has 0 aliphatic rings. The molecule has 0 spiro atoms. The van der Waals surface area contributed by atoms with E-state index in [0.717, 1.165) is 39.0 Å². The molecule has 2 N–H and O–H groups in total. The average Bonchev–Trinajstić information content (AvgIpc) is 3.01. The fourth-order valence-electron chi connectivity index (χ4n) is 2.40. The molecule has 2 heterocycles. The van der Waals surface area contributed by atoms with Gasteiger partial charge in [-0.3, -0.25) is 4.68 Å². The van der Waals surface area contributed by atoms with Crippen LogP contribution in [0.3, 0.4) is 0 Å². The Kier molecular flexibility index (Phi) is 3.55. The zero-order chi connectivity index (χ0) is 15.0. The highest BCUT2D eigenvalue weighted by Crippen LogP contribution is 2.38. The van der Waals surface area contributed by atoms with Gasteiger partial charge >= 0.3 is 0 Å². The van der Waals surface area contributed by atoms with Gasteiger partial charge in [0.25, 0.3) is 0 Å². The Labute approximate surface area is 130 Å². The van der Waals surface area contributed by atoms with Crippen LogP contribution in [0.2, 0.25) is 0 Å². The van der Waals surface area contributed by atoms with E-state index in [1.54, 1.807) is 4.68 Å². The van der Waals surface area contributed by atoms with Crippen LogP contribution >= 0.6 is 15.9 Å². The molecule has 0 aliphatic carbocycles. The van der Waals surface area contributed by atoms with E-state index in [-0.39, 0.29) is 0 Å². The minimum atomic E-state index is 0.314. The number of aromatic nitrogens is 3. The van der Waals surface area contributed by atoms with E-state index < -0.39 is 0 Å². The smallest absolute Gasteiger partial charge is 0.230 e. The number of nitrogens with zero attached hydrogens (tertiary/aromatic N) is 3. The minimum Gasteiger partial charge on any atom is -0.367 e. The van der Waals surface area contributed by atoms with Crippen molar-refractivity contribution in [2.45, 2.75) is 13.3 Å². The van der Waals surface area contributed by atoms with E-state index in [1.165, 1.54) is 0 Å². The summed E-state index contributed by atoms with van der Waals surface area (Å²) >= 11 is 3.48. The van der Waals surface area contributed by atoms with Crippen LogP contribution in [0.4, 0.5) is 5.88 Å². The Morgan fingerprint density at radius 2 is 2.19 bits per heavy atom. The van der Waals surface area contributed by atoms with Crippen LogP contribution in [0.15, 0.2) is 39.5 Å². The maximum absolute atomic E-state index is 5.99. The highest BCUT2D eigenvalue weighted by Gasteiger charge is 2.21. The van der Waals surface area contributed by atoms with Crippen LogP contribution in [0, 0.1) is 0 Å². The van der Waals surface area contributed by atoms with Gasteiger partial charge in [0, 0.05) is 23.3 Å². The van der Waals surface area contributed by atoms with E-state index in [0.29, 0.717) is 5.88 Å². The molecule has 0 radical (unpaired) electrons. The van der Waals surface area contributed by atoms with Crippen LogP contribution in [0.1, 0.15) is 12.6 Å². The van der Waals surface area contributed by atoms with Crippen LogP contribution in [0.25, 0.3) is 22.4 Å². The molecule has 3 rings (SSSR count). The van der Waals surface area contributed by atoms with Crippen molar-refractivity contribution in [3.05, 3.63) is 40.6 Å². The molecule has 3 aromatic rings. The lowest BCUT2D eigenvalue weighted by molar-refractivity contribution is 0.439. The van der Waals surface area contributed by atoms with Gasteiger partial charge in [0.05, 0.1) is 11.3 Å². The number of halogens is 1. The Morgan fingerprint density at radius 3 is 2.90 bits per heavy atom. The largest absolute Gasteiger partial charge is 0.367 e. The molecule has 0 saturated heterocycles. The van der Waals surface area contributed by atoms with Crippen molar-refractivity contribution < 1.29 is 4.52 Å². The van der Waals surface area contributed by atoms with Gasteiger partial charge in [-0.2, -0.15) is 5.10 Å². The SMILES string of the molecule is CCc1nn(C)cc1-c1noc(N)c1-c1cccc(Br)c1. The first-order valence-electron chi connectivity index (χ1n) is 6.64. The lowest BCUT2D eigenvalue weighted by atomic mass is 10.0. The predicted octanol–water partition coefficient (Wildman–Crippen LogP) is 3.65. The molecule has 2 aromatic heterocycles. The van der Waals surface area contributed by atoms with Crippen molar-refractivity contribution in [2.75, 3.05) is 5.73 Å². The normalized spacial score (nSPS) is 11.0. The number of nitrogen functional groups attached to an aromatic ring is 1. The molecule has 6 heteroatoms. The van der Waals surface area contributed by atoms with E-state index in [9.17, 15) is 0 Å². The number of benzene rings is 1. The standard InChI is InChI=1S/C15H15BrN4O/c1-3-12-11(8-20(2)18-12)14-13(15(17)21-19-14)9-5-4-6-10(16)7-9/h4-8H,3,17H2,1-2H3. The monoisotopic (exact) mass is 346 g/mol. The van der Waals surface area contributed by atoms with Crippen LogP contribution in [-0.4, -0.2) is 14.9 Å². The van der Waals surface area contributed by atoms with Gasteiger partial charge in [-0.1, -0.05) is 40.1 Å². The topological polar surface area (TPSA) is 69.9 Å². The van der Waals surface area contributed by atoms with Crippen molar-refractivity contribution in [1.82, 2.24) is 14.9 Å². The van der Waals surface area contributed by atoms with Crippen molar-refractivity contribution >= 4 is 21.8 Å². The van der Waals surface area contributed by atoms with Crippen LogP contribution in [-0.2, 0) is 13.5 Å². The summed E-state index contributed by atoms with van der Waals surface area (Å²) < 4.78 is 7.99. The fraction of sp³-hybridized carbons (Fsp3) is 0.200. The Morgan fingerprint density at radius 1 is 1.38 bits per heavy atom. The minimum absolute atomic E-state index is 0.314. The van der Waals surface area contributed by atoms with E-state index in [4.69, 9.17) is 10.3 Å². The summed E-state index contributed by atoms with van der Waals surface area (Å²) in [7, 11) is 1.89. The molecule has 5 nitrogen and oxygen atoms in total. The molecule has 0 bridgehead atoms. The number of anilines is 1. The Balaban J connectivity index is 2.21. The third-order valence-corrected chi connectivity index (χ3v) is 3.82. The second-order valence-corrected chi connectivity index (χ2v) is 5.71. The molecule has 0 atom stereocenters. The first-order chi connectivity index (χ1) is 10.1. The van der Waals surface area contributed by atoms with Crippen molar-refractivity contribution in [2.24, 2.45) is 7.05 Å². The van der Waals surface area contributed by atoms with Gasteiger partial charge < -0.3 is 10.3 Å². The van der Waals surface area contributed by atoms with Gasteiger partial charge in [-0.25, -0.2) is 0 Å². The van der Waals surface area contributed by atoms with Gasteiger partial charge in [-0.15, -0.1) is 0 Å². The molecule has 108 valence electrons. The number of hydrogen-bond acceptors (Lipinski definition) is 4. The first-order valence-corrected chi connectivity index (χ1v) is 7.43. The Hall–Kier alpha value is -2.08. The first kappa shape index (κ1) is 13.9. The van der Waals surface area contributed by atoms with Crippen LogP contribution < -0.4 is 5.73 Å². The third-order valence-electron chi connectivity index (χ3n) is 3.33. The van der Waals surface area contributed by atoms with Gasteiger partial charge in [0.2, 0.25) is 5.88 Å². The lowest BCUT2D eigenvalue weighted by Crippen LogP contribution is -1.90. The molecule has 0 fully saturated rings. The summed E-state index contributed by atoms with van der Waals surface area (Å²) in [6, 6.07) is 7.90. The second-order valence-electron chi connectivity index (χ2n) is 4.80. The maximum Gasteiger partial charge on any atom is 0.230 e. The highest BCUT2D eigenvalue weighted by atomic mass is 79.9. The highest BCUT2D eigenvalue weighted by molar-refractivity contribution is 9.10. The maximum atomic E-state index is 5.99. The van der Waals surface area contributed by atoms with Gasteiger partial charge in [0.1, 0.15) is 5.69 Å². The summed E-state index contributed by atoms with van der Waals surface area (Å²) in [6.45, 7) is 2.06. The zero-order valence-electron chi connectivity index (χ0n) is 11.8. The molecular formula is C15H15BrN4O. The molecule has 0 amide bonds. The molecule has 1 aromatic carbocycles. The zero-order valence-corrected chi connectivity index (χ0v) is 13.4. The Bertz CT molecular complexity index is 791. The predicted molar refractivity (Wildman–Crippen MR) is 85.6 cm³/mol. The summed E-state index contributed by atoms with van der Waals surface area (Å²) in [5.74, 6) is 0.314. The molecule has 21 heavy (non-hydrogen) atoms.